The van der Waals surface area contributed by atoms with Crippen LogP contribution in [-0.2, 0) is 17.5 Å². The number of nitrogens with zero attached hydrogens (tertiary/aromatic N) is 2. The monoisotopic (exact) mass is 447 g/mol. The van der Waals surface area contributed by atoms with Gasteiger partial charge in [-0.1, -0.05) is 42.1 Å². The van der Waals surface area contributed by atoms with E-state index in [4.69, 9.17) is 4.74 Å². The summed E-state index contributed by atoms with van der Waals surface area (Å²) in [5.41, 5.74) is 1.26. The summed E-state index contributed by atoms with van der Waals surface area (Å²) in [6.45, 7) is 2.10. The molecule has 0 atom stereocenters. The molecular formula is C22H20F3N3O2S. The Hall–Kier alpha value is -3.07. The van der Waals surface area contributed by atoms with E-state index in [0.29, 0.717) is 34.4 Å². The maximum absolute atomic E-state index is 12.8. The van der Waals surface area contributed by atoms with Crippen molar-refractivity contribution < 1.29 is 22.7 Å². The molecule has 1 amide bonds. The summed E-state index contributed by atoms with van der Waals surface area (Å²) in [7, 11) is 1.57. The van der Waals surface area contributed by atoms with Gasteiger partial charge in [0, 0.05) is 23.4 Å². The first-order valence-corrected chi connectivity index (χ1v) is 10.3. The largest absolute Gasteiger partial charge is 0.496 e. The Morgan fingerprint density at radius 1 is 1.10 bits per heavy atom. The highest BCUT2D eigenvalue weighted by Crippen LogP contribution is 2.30. The third-order valence-corrected chi connectivity index (χ3v) is 5.23. The van der Waals surface area contributed by atoms with Crippen LogP contribution in [-0.4, -0.2) is 28.7 Å². The lowest BCUT2D eigenvalue weighted by molar-refractivity contribution is -0.137. The molecule has 0 radical (unpaired) electrons. The molecule has 1 N–H and O–H groups in total. The van der Waals surface area contributed by atoms with Crippen molar-refractivity contribution in [2.45, 2.75) is 24.7 Å². The molecule has 3 aromatic rings. The lowest BCUT2D eigenvalue weighted by Gasteiger charge is -2.10. The van der Waals surface area contributed by atoms with E-state index in [-0.39, 0.29) is 11.7 Å². The topological polar surface area (TPSA) is 64.1 Å². The van der Waals surface area contributed by atoms with Crippen molar-refractivity contribution in [2.75, 3.05) is 12.9 Å². The molecular weight excluding hydrogens is 427 g/mol. The molecule has 1 heterocycles. The lowest BCUT2D eigenvalue weighted by atomic mass is 10.1. The van der Waals surface area contributed by atoms with E-state index in [2.05, 4.69) is 15.3 Å². The van der Waals surface area contributed by atoms with Gasteiger partial charge in [0.2, 0.25) is 5.91 Å². The maximum atomic E-state index is 12.8. The number of aryl methyl sites for hydroxylation is 1. The minimum atomic E-state index is -4.40. The van der Waals surface area contributed by atoms with Gasteiger partial charge in [-0.15, -0.1) is 0 Å². The number of thioether (sulfide) groups is 1. The second-order valence-electron chi connectivity index (χ2n) is 6.62. The Bertz CT molecular complexity index is 1060. The van der Waals surface area contributed by atoms with E-state index in [1.54, 1.807) is 20.1 Å². The molecule has 0 saturated carbocycles. The second kappa shape index (κ2) is 9.82. The quantitative estimate of drug-likeness (QED) is 0.413. The summed E-state index contributed by atoms with van der Waals surface area (Å²) in [5.74, 6) is 0.967. The van der Waals surface area contributed by atoms with Crippen LogP contribution in [0.3, 0.4) is 0 Å². The Balaban J connectivity index is 1.63. The molecule has 3 rings (SSSR count). The van der Waals surface area contributed by atoms with Crippen molar-refractivity contribution >= 4 is 17.7 Å². The molecule has 9 heteroatoms. The number of halogens is 3. The van der Waals surface area contributed by atoms with Gasteiger partial charge < -0.3 is 10.1 Å². The summed E-state index contributed by atoms with van der Waals surface area (Å²) in [5, 5.41) is 3.40. The van der Waals surface area contributed by atoms with Crippen LogP contribution in [0.5, 0.6) is 5.75 Å². The number of carbonyl (C=O) groups is 1. The molecule has 0 saturated heterocycles. The highest BCUT2D eigenvalue weighted by Gasteiger charge is 2.30. The zero-order valence-corrected chi connectivity index (χ0v) is 17.7. The van der Waals surface area contributed by atoms with Crippen molar-refractivity contribution in [2.24, 2.45) is 0 Å². The number of hydrogen-bond donors (Lipinski definition) is 1. The molecule has 0 unspecified atom stereocenters. The Morgan fingerprint density at radius 3 is 2.48 bits per heavy atom. The highest BCUT2D eigenvalue weighted by molar-refractivity contribution is 7.99. The second-order valence-corrected chi connectivity index (χ2v) is 7.62. The first-order chi connectivity index (χ1) is 14.8. The van der Waals surface area contributed by atoms with Gasteiger partial charge in [0.05, 0.1) is 18.4 Å². The summed E-state index contributed by atoms with van der Waals surface area (Å²) in [6.07, 6.45) is -4.40. The van der Waals surface area contributed by atoms with Crippen molar-refractivity contribution in [3.63, 3.8) is 0 Å². The molecule has 1 aromatic heterocycles. The van der Waals surface area contributed by atoms with Crippen LogP contribution in [0.4, 0.5) is 13.2 Å². The predicted octanol–water partition coefficient (Wildman–Crippen LogP) is 4.89. The Kier molecular flexibility index (Phi) is 7.17. The van der Waals surface area contributed by atoms with Crippen molar-refractivity contribution in [1.82, 2.24) is 15.3 Å². The van der Waals surface area contributed by atoms with E-state index in [0.717, 1.165) is 17.7 Å². The Morgan fingerprint density at radius 2 is 1.81 bits per heavy atom. The number of amides is 1. The highest BCUT2D eigenvalue weighted by atomic mass is 32.2. The van der Waals surface area contributed by atoms with Crippen LogP contribution in [0, 0.1) is 6.92 Å². The average Bonchev–Trinajstić information content (AvgIpc) is 2.75. The number of methoxy groups -OCH3 is 1. The minimum absolute atomic E-state index is 0.137. The molecule has 0 fully saturated rings. The first-order valence-electron chi connectivity index (χ1n) is 9.31. The number of aromatic nitrogens is 2. The fourth-order valence-corrected chi connectivity index (χ4v) is 3.57. The van der Waals surface area contributed by atoms with Crippen molar-refractivity contribution in [3.05, 3.63) is 71.4 Å². The summed E-state index contributed by atoms with van der Waals surface area (Å²) in [6, 6.07) is 13.8. The van der Waals surface area contributed by atoms with Gasteiger partial charge in [-0.3, -0.25) is 4.79 Å². The van der Waals surface area contributed by atoms with E-state index >= 15 is 0 Å². The van der Waals surface area contributed by atoms with E-state index in [1.807, 2.05) is 24.3 Å². The SMILES string of the molecule is COc1ccccc1CNC(=O)CSc1cc(C)nc(-c2ccc(C(F)(F)F)cc2)n1. The van der Waals surface area contributed by atoms with E-state index in [1.165, 1.54) is 23.9 Å². The zero-order valence-electron chi connectivity index (χ0n) is 16.9. The number of hydrogen-bond acceptors (Lipinski definition) is 5. The molecule has 0 aliphatic carbocycles. The van der Waals surface area contributed by atoms with Crippen molar-refractivity contribution in [1.29, 1.82) is 0 Å². The number of ether oxygens (including phenoxy) is 1. The van der Waals surface area contributed by atoms with Crippen LogP contribution >= 0.6 is 11.8 Å². The summed E-state index contributed by atoms with van der Waals surface area (Å²) < 4.78 is 43.5. The van der Waals surface area contributed by atoms with E-state index < -0.39 is 11.7 Å². The van der Waals surface area contributed by atoms with Crippen LogP contribution in [0.1, 0.15) is 16.8 Å². The molecule has 31 heavy (non-hydrogen) atoms. The Labute approximate surface area is 182 Å². The predicted molar refractivity (Wildman–Crippen MR) is 113 cm³/mol. The zero-order chi connectivity index (χ0) is 22.4. The van der Waals surface area contributed by atoms with E-state index in [9.17, 15) is 18.0 Å². The number of nitrogens with one attached hydrogen (secondary N) is 1. The molecule has 162 valence electrons. The van der Waals surface area contributed by atoms with Crippen LogP contribution in [0.25, 0.3) is 11.4 Å². The minimum Gasteiger partial charge on any atom is -0.496 e. The number of benzene rings is 2. The van der Waals surface area contributed by atoms with Crippen molar-refractivity contribution in [3.8, 4) is 17.1 Å². The van der Waals surface area contributed by atoms with Gasteiger partial charge in [0.1, 0.15) is 10.8 Å². The third-order valence-electron chi connectivity index (χ3n) is 4.32. The van der Waals surface area contributed by atoms with Gasteiger partial charge in [0.25, 0.3) is 0 Å². The van der Waals surface area contributed by atoms with Crippen LogP contribution in [0.15, 0.2) is 59.6 Å². The maximum Gasteiger partial charge on any atom is 0.416 e. The number of rotatable bonds is 7. The number of alkyl halides is 3. The molecule has 0 bridgehead atoms. The van der Waals surface area contributed by atoms with Gasteiger partial charge in [-0.2, -0.15) is 13.2 Å². The molecule has 0 aliphatic rings. The summed E-state index contributed by atoms with van der Waals surface area (Å²) >= 11 is 1.23. The van der Waals surface area contributed by atoms with Gasteiger partial charge >= 0.3 is 6.18 Å². The van der Waals surface area contributed by atoms with Gasteiger partial charge in [-0.05, 0) is 31.2 Å². The standard InChI is InChI=1S/C22H20F3N3O2S/c1-14-11-20(28-21(27-14)15-7-9-17(10-8-15)22(23,24)25)31-13-19(29)26-12-16-5-3-4-6-18(16)30-2/h3-11H,12-13H2,1-2H3,(H,26,29). The number of para-hydroxylation sites is 1. The fraction of sp³-hybridized carbons (Fsp3) is 0.227. The lowest BCUT2D eigenvalue weighted by Crippen LogP contribution is -2.24. The normalized spacial score (nSPS) is 11.3. The third kappa shape index (κ3) is 6.21. The average molecular weight is 447 g/mol. The van der Waals surface area contributed by atoms with Gasteiger partial charge in [-0.25, -0.2) is 9.97 Å². The van der Waals surface area contributed by atoms with Gasteiger partial charge in [0.15, 0.2) is 5.82 Å². The first kappa shape index (κ1) is 22.6. The van der Waals surface area contributed by atoms with Crippen LogP contribution in [0.2, 0.25) is 0 Å². The molecule has 0 aliphatic heterocycles. The molecule has 0 spiro atoms. The molecule has 2 aromatic carbocycles. The number of carbonyl (C=O) groups excluding carboxylic acids is 1. The smallest absolute Gasteiger partial charge is 0.416 e. The summed E-state index contributed by atoms with van der Waals surface area (Å²) in [4.78, 5) is 20.9. The van der Waals surface area contributed by atoms with Crippen LogP contribution < -0.4 is 10.1 Å². The molecule has 5 nitrogen and oxygen atoms in total. The fourth-order valence-electron chi connectivity index (χ4n) is 2.78.